The molecule has 0 heterocycles. The Morgan fingerprint density at radius 3 is 1.89 bits per heavy atom. The number of hydrogen-bond acceptors (Lipinski definition) is 3. The van der Waals surface area contributed by atoms with Crippen molar-refractivity contribution in [3.8, 4) is 0 Å². The Labute approximate surface area is 162 Å². The van der Waals surface area contributed by atoms with Gasteiger partial charge >= 0.3 is 0 Å². The molecule has 0 aromatic heterocycles. The quantitative estimate of drug-likeness (QED) is 0.325. The van der Waals surface area contributed by atoms with Gasteiger partial charge in [0.1, 0.15) is 5.71 Å². The average molecular weight is 364 g/mol. The number of fused-ring (bicyclic) bond motifs is 1. The topological polar surface area (TPSA) is 49.7 Å². The van der Waals surface area contributed by atoms with Crippen molar-refractivity contribution >= 4 is 11.5 Å². The van der Waals surface area contributed by atoms with E-state index in [0.717, 1.165) is 23.1 Å². The third-order valence-electron chi connectivity index (χ3n) is 6.12. The minimum atomic E-state index is 0.0259. The third kappa shape index (κ3) is 3.43. The molecule has 0 saturated heterocycles. The maximum absolute atomic E-state index is 11.5. The summed E-state index contributed by atoms with van der Waals surface area (Å²) in [6.07, 6.45) is 2.30. The van der Waals surface area contributed by atoms with E-state index in [-0.39, 0.29) is 16.6 Å². The molecule has 3 rings (SSSR count). The van der Waals surface area contributed by atoms with Gasteiger partial charge in [0.25, 0.3) is 0 Å². The Morgan fingerprint density at radius 2 is 1.41 bits per heavy atom. The van der Waals surface area contributed by atoms with Crippen molar-refractivity contribution in [2.45, 2.75) is 65.2 Å². The Kier molecular flexibility index (Phi) is 4.75. The van der Waals surface area contributed by atoms with E-state index >= 15 is 0 Å². The lowest BCUT2D eigenvalue weighted by molar-refractivity contribution is 0.101. The zero-order chi connectivity index (χ0) is 20.0. The Balaban J connectivity index is 2.15. The van der Waals surface area contributed by atoms with E-state index in [0.29, 0.717) is 11.3 Å². The van der Waals surface area contributed by atoms with Crippen LogP contribution in [0.25, 0.3) is 0 Å². The van der Waals surface area contributed by atoms with Crippen LogP contribution in [0.2, 0.25) is 0 Å². The van der Waals surface area contributed by atoms with Gasteiger partial charge in [0.05, 0.1) is 0 Å². The highest BCUT2D eigenvalue weighted by molar-refractivity contribution is 6.14. The van der Waals surface area contributed by atoms with Crippen molar-refractivity contribution in [2.24, 2.45) is 5.16 Å². The normalized spacial score (nSPS) is 18.1. The van der Waals surface area contributed by atoms with Gasteiger partial charge in [-0.2, -0.15) is 0 Å². The second-order valence-corrected chi connectivity index (χ2v) is 9.06. The van der Waals surface area contributed by atoms with Crippen molar-refractivity contribution in [2.75, 3.05) is 0 Å². The first kappa shape index (κ1) is 19.3. The maximum Gasteiger partial charge on any atom is 0.159 e. The number of nitrogens with zero attached hydrogens (tertiary/aromatic N) is 1. The molecule has 1 aliphatic carbocycles. The summed E-state index contributed by atoms with van der Waals surface area (Å²) < 4.78 is 0. The van der Waals surface area contributed by atoms with Gasteiger partial charge in [-0.15, -0.1) is 0 Å². The van der Waals surface area contributed by atoms with E-state index in [4.69, 9.17) is 0 Å². The molecule has 0 atom stereocenters. The van der Waals surface area contributed by atoms with E-state index in [9.17, 15) is 10.0 Å². The van der Waals surface area contributed by atoms with Crippen molar-refractivity contribution < 1.29 is 10.0 Å². The molecule has 1 N–H and O–H groups in total. The van der Waals surface area contributed by atoms with E-state index in [2.05, 4.69) is 51.9 Å². The van der Waals surface area contributed by atoms with Crippen LogP contribution in [0.5, 0.6) is 0 Å². The first-order valence-electron chi connectivity index (χ1n) is 9.56. The van der Waals surface area contributed by atoms with Gasteiger partial charge in [-0.05, 0) is 60.3 Å². The molecule has 27 heavy (non-hydrogen) atoms. The van der Waals surface area contributed by atoms with Crippen molar-refractivity contribution in [1.29, 1.82) is 0 Å². The fourth-order valence-electron chi connectivity index (χ4n) is 4.11. The van der Waals surface area contributed by atoms with Crippen molar-refractivity contribution in [1.82, 2.24) is 0 Å². The Morgan fingerprint density at radius 1 is 0.926 bits per heavy atom. The molecular formula is C24H29NO2. The summed E-state index contributed by atoms with van der Waals surface area (Å²) in [6, 6.07) is 11.7. The zero-order valence-electron chi connectivity index (χ0n) is 17.2. The lowest BCUT2D eigenvalue weighted by Gasteiger charge is -2.42. The summed E-state index contributed by atoms with van der Waals surface area (Å²) in [5.41, 5.74) is 7.01. The second-order valence-electron chi connectivity index (χ2n) is 9.06. The number of oxime groups is 1. The number of Topliss-reactive ketones (excluding diaryl/α,β-unsaturated/α-hetero) is 1. The number of carbonyl (C=O) groups excluding carboxylic acids is 1. The van der Waals surface area contributed by atoms with Gasteiger partial charge in [0.15, 0.2) is 5.78 Å². The number of hydrogen-bond donors (Lipinski definition) is 1. The highest BCUT2D eigenvalue weighted by Gasteiger charge is 2.37. The summed E-state index contributed by atoms with van der Waals surface area (Å²) in [5.74, 6) is 0.0259. The number of benzene rings is 2. The molecule has 3 heteroatoms. The van der Waals surface area contributed by atoms with Crippen LogP contribution in [0.1, 0.15) is 85.6 Å². The fourth-order valence-corrected chi connectivity index (χ4v) is 4.11. The molecule has 0 radical (unpaired) electrons. The molecule has 0 bridgehead atoms. The van der Waals surface area contributed by atoms with Gasteiger partial charge in [0.2, 0.25) is 0 Å². The predicted octanol–water partition coefficient (Wildman–Crippen LogP) is 5.77. The lowest BCUT2D eigenvalue weighted by Crippen LogP contribution is -2.34. The summed E-state index contributed by atoms with van der Waals surface area (Å²) in [6.45, 7) is 12.8. The van der Waals surface area contributed by atoms with Crippen molar-refractivity contribution in [3.05, 3.63) is 69.8 Å². The number of rotatable bonds is 3. The molecule has 142 valence electrons. The fraction of sp³-hybridized carbons (Fsp3) is 0.417. The lowest BCUT2D eigenvalue weighted by atomic mass is 9.62. The molecule has 0 fully saturated rings. The van der Waals surface area contributed by atoms with Crippen LogP contribution in [-0.4, -0.2) is 16.7 Å². The van der Waals surface area contributed by atoms with Crippen LogP contribution in [0.4, 0.5) is 0 Å². The monoisotopic (exact) mass is 363 g/mol. The SMILES string of the molecule is CC(=O)c1ccc(/C(=N\O)c2cc3c(cc2C)C(C)(C)CCC3(C)C)cc1. The first-order chi connectivity index (χ1) is 12.6. The summed E-state index contributed by atoms with van der Waals surface area (Å²) in [7, 11) is 0. The summed E-state index contributed by atoms with van der Waals surface area (Å²) in [5, 5.41) is 13.4. The number of ketones is 1. The molecular weight excluding hydrogens is 334 g/mol. The van der Waals surface area contributed by atoms with Crippen LogP contribution < -0.4 is 0 Å². The smallest absolute Gasteiger partial charge is 0.159 e. The van der Waals surface area contributed by atoms with Crippen molar-refractivity contribution in [3.63, 3.8) is 0 Å². The van der Waals surface area contributed by atoms with E-state index in [1.54, 1.807) is 19.1 Å². The summed E-state index contributed by atoms with van der Waals surface area (Å²) in [4.78, 5) is 11.5. The molecule has 0 aliphatic heterocycles. The van der Waals surface area contributed by atoms with Crippen LogP contribution in [0.15, 0.2) is 41.6 Å². The van der Waals surface area contributed by atoms with Crippen LogP contribution in [-0.2, 0) is 10.8 Å². The van der Waals surface area contributed by atoms with Crippen LogP contribution in [0.3, 0.4) is 0 Å². The third-order valence-corrected chi connectivity index (χ3v) is 6.12. The highest BCUT2D eigenvalue weighted by Crippen LogP contribution is 2.46. The van der Waals surface area contributed by atoms with E-state index < -0.39 is 0 Å². The number of carbonyl (C=O) groups is 1. The predicted molar refractivity (Wildman–Crippen MR) is 110 cm³/mol. The van der Waals surface area contributed by atoms with Crippen LogP contribution in [0, 0.1) is 6.92 Å². The Hall–Kier alpha value is -2.42. The van der Waals surface area contributed by atoms with Gasteiger partial charge < -0.3 is 5.21 Å². The highest BCUT2D eigenvalue weighted by atomic mass is 16.4. The molecule has 0 saturated carbocycles. The minimum Gasteiger partial charge on any atom is -0.410 e. The van der Waals surface area contributed by atoms with E-state index in [1.165, 1.54) is 17.5 Å². The molecule has 0 amide bonds. The standard InChI is InChI=1S/C24H29NO2/c1-15-13-20-21(24(5,6)12-11-23(20,3)4)14-19(15)22(25-27)18-9-7-17(8-10-18)16(2)26/h7-10,13-14,27H,11-12H2,1-6H3/b25-22+. The second kappa shape index (κ2) is 6.63. The minimum absolute atomic E-state index is 0.0259. The van der Waals surface area contributed by atoms with E-state index in [1.807, 2.05) is 12.1 Å². The summed E-state index contributed by atoms with van der Waals surface area (Å²) >= 11 is 0. The Bertz CT molecular complexity index is 918. The number of aryl methyl sites for hydroxylation is 1. The molecule has 2 aromatic rings. The van der Waals surface area contributed by atoms with Gasteiger partial charge in [-0.1, -0.05) is 63.2 Å². The largest absolute Gasteiger partial charge is 0.410 e. The molecule has 1 aliphatic rings. The molecule has 2 aromatic carbocycles. The first-order valence-corrected chi connectivity index (χ1v) is 9.56. The molecule has 3 nitrogen and oxygen atoms in total. The average Bonchev–Trinajstić information content (AvgIpc) is 2.61. The molecule has 0 spiro atoms. The van der Waals surface area contributed by atoms with Gasteiger partial charge in [-0.25, -0.2) is 0 Å². The maximum atomic E-state index is 11.5. The van der Waals surface area contributed by atoms with Crippen LogP contribution >= 0.6 is 0 Å². The zero-order valence-corrected chi connectivity index (χ0v) is 17.2. The van der Waals surface area contributed by atoms with Gasteiger partial charge in [-0.3, -0.25) is 4.79 Å². The van der Waals surface area contributed by atoms with Gasteiger partial charge in [0, 0.05) is 16.7 Å². The molecule has 0 unspecified atom stereocenters.